The Morgan fingerprint density at radius 2 is 2.12 bits per heavy atom. The number of pyridine rings is 1. The highest BCUT2D eigenvalue weighted by molar-refractivity contribution is 6.04. The molecule has 24 heavy (non-hydrogen) atoms. The molecule has 0 unspecified atom stereocenters. The molecule has 0 saturated heterocycles. The number of benzene rings is 1. The van der Waals surface area contributed by atoms with Crippen LogP contribution in [0.5, 0.6) is 5.88 Å². The number of carbonyl (C=O) groups excluding carboxylic acids is 1. The van der Waals surface area contributed by atoms with Gasteiger partial charge in [0.25, 0.3) is 5.91 Å². The van der Waals surface area contributed by atoms with Crippen LogP contribution >= 0.6 is 0 Å². The number of rotatable bonds is 6. The number of nitrogens with zero attached hydrogens (tertiary/aromatic N) is 2. The predicted octanol–water partition coefficient (Wildman–Crippen LogP) is 2.56. The van der Waals surface area contributed by atoms with E-state index < -0.39 is 0 Å². The van der Waals surface area contributed by atoms with E-state index in [9.17, 15) is 4.79 Å². The van der Waals surface area contributed by atoms with Gasteiger partial charge in [0.05, 0.1) is 11.9 Å². The van der Waals surface area contributed by atoms with E-state index in [-0.39, 0.29) is 5.91 Å². The number of hydrogen-bond acceptors (Lipinski definition) is 4. The largest absolute Gasteiger partial charge is 0.476 e. The number of terminal acetylenes is 1. The third-order valence-electron chi connectivity index (χ3n) is 3.44. The van der Waals surface area contributed by atoms with E-state index in [2.05, 4.69) is 16.2 Å². The molecule has 1 aromatic heterocycles. The molecule has 0 radical (unpaired) electrons. The summed E-state index contributed by atoms with van der Waals surface area (Å²) < 4.78 is 5.52. The van der Waals surface area contributed by atoms with Gasteiger partial charge in [0.2, 0.25) is 5.88 Å². The standard InChI is InChI=1S/C19H21N3O2/c1-5-15-12-16(7-6-14(15)2)19(23)21-17-8-9-18(20-13-17)24-11-10-22(3)4/h1,6-9,12-13H,10-11H2,2-4H3,(H,21,23). The number of amides is 1. The summed E-state index contributed by atoms with van der Waals surface area (Å²) in [5.74, 6) is 2.88. The van der Waals surface area contributed by atoms with Crippen molar-refractivity contribution in [1.82, 2.24) is 9.88 Å². The zero-order valence-corrected chi connectivity index (χ0v) is 14.2. The minimum absolute atomic E-state index is 0.227. The first-order chi connectivity index (χ1) is 11.5. The van der Waals surface area contributed by atoms with E-state index in [1.54, 1.807) is 30.5 Å². The Bertz CT molecular complexity index is 746. The molecule has 2 aromatic rings. The van der Waals surface area contributed by atoms with E-state index in [1.807, 2.05) is 32.0 Å². The van der Waals surface area contributed by atoms with Gasteiger partial charge >= 0.3 is 0 Å². The average Bonchev–Trinajstić information content (AvgIpc) is 2.56. The number of carbonyl (C=O) groups is 1. The maximum absolute atomic E-state index is 12.3. The Balaban J connectivity index is 1.98. The highest BCUT2D eigenvalue weighted by Gasteiger charge is 2.08. The van der Waals surface area contributed by atoms with Gasteiger partial charge < -0.3 is 15.0 Å². The minimum atomic E-state index is -0.227. The fraction of sp³-hybridized carbons (Fsp3) is 0.263. The first-order valence-corrected chi connectivity index (χ1v) is 7.62. The third kappa shape index (κ3) is 4.83. The number of ether oxygens (including phenoxy) is 1. The molecular formula is C19H21N3O2. The summed E-state index contributed by atoms with van der Waals surface area (Å²) in [6.07, 6.45) is 7.01. The average molecular weight is 323 g/mol. The van der Waals surface area contributed by atoms with Crippen molar-refractivity contribution in [3.8, 4) is 18.2 Å². The smallest absolute Gasteiger partial charge is 0.255 e. The topological polar surface area (TPSA) is 54.5 Å². The van der Waals surface area contributed by atoms with Gasteiger partial charge in [0, 0.05) is 23.7 Å². The van der Waals surface area contributed by atoms with E-state index in [1.165, 1.54) is 0 Å². The van der Waals surface area contributed by atoms with E-state index >= 15 is 0 Å². The molecule has 0 aliphatic rings. The quantitative estimate of drug-likeness (QED) is 0.830. The molecule has 1 amide bonds. The molecule has 0 spiro atoms. The van der Waals surface area contributed by atoms with Gasteiger partial charge in [-0.2, -0.15) is 0 Å². The summed E-state index contributed by atoms with van der Waals surface area (Å²) in [5.41, 5.74) is 2.79. The van der Waals surface area contributed by atoms with Crippen LogP contribution in [0.25, 0.3) is 0 Å². The summed E-state index contributed by atoms with van der Waals surface area (Å²) in [4.78, 5) is 18.5. The van der Waals surface area contributed by atoms with Gasteiger partial charge in [0.1, 0.15) is 6.61 Å². The maximum Gasteiger partial charge on any atom is 0.255 e. The lowest BCUT2D eigenvalue weighted by atomic mass is 10.1. The van der Waals surface area contributed by atoms with Gasteiger partial charge in [-0.15, -0.1) is 6.42 Å². The van der Waals surface area contributed by atoms with Gasteiger partial charge in [0.15, 0.2) is 0 Å². The molecule has 0 bridgehead atoms. The van der Waals surface area contributed by atoms with Crippen LogP contribution in [0.4, 0.5) is 5.69 Å². The van der Waals surface area contributed by atoms with Crippen LogP contribution < -0.4 is 10.1 Å². The summed E-state index contributed by atoms with van der Waals surface area (Å²) in [5, 5.41) is 2.80. The SMILES string of the molecule is C#Cc1cc(C(=O)Nc2ccc(OCCN(C)C)nc2)ccc1C. The third-order valence-corrected chi connectivity index (χ3v) is 3.44. The molecule has 0 saturated carbocycles. The van der Waals surface area contributed by atoms with Crippen molar-refractivity contribution in [1.29, 1.82) is 0 Å². The van der Waals surface area contributed by atoms with Crippen LogP contribution in [-0.4, -0.2) is 43.0 Å². The number of nitrogens with one attached hydrogen (secondary N) is 1. The molecule has 0 fully saturated rings. The zero-order chi connectivity index (χ0) is 17.5. The van der Waals surface area contributed by atoms with Gasteiger partial charge in [-0.1, -0.05) is 12.0 Å². The van der Waals surface area contributed by atoms with E-state index in [4.69, 9.17) is 11.2 Å². The Labute approximate surface area is 142 Å². The molecule has 0 atom stereocenters. The fourth-order valence-electron chi connectivity index (χ4n) is 1.99. The summed E-state index contributed by atoms with van der Waals surface area (Å²) in [6.45, 7) is 3.28. The first kappa shape index (κ1) is 17.5. The molecule has 5 heteroatoms. The molecule has 124 valence electrons. The van der Waals surface area contributed by atoms with Crippen LogP contribution in [0.3, 0.4) is 0 Å². The van der Waals surface area contributed by atoms with Crippen molar-refractivity contribution in [3.05, 3.63) is 53.2 Å². The zero-order valence-electron chi connectivity index (χ0n) is 14.2. The Morgan fingerprint density at radius 3 is 2.75 bits per heavy atom. The molecular weight excluding hydrogens is 302 g/mol. The monoisotopic (exact) mass is 323 g/mol. The van der Waals surface area contributed by atoms with Crippen molar-refractivity contribution in [2.45, 2.75) is 6.92 Å². The van der Waals surface area contributed by atoms with Crippen LogP contribution in [0.15, 0.2) is 36.5 Å². The van der Waals surface area contributed by atoms with Crippen LogP contribution in [0.2, 0.25) is 0 Å². The first-order valence-electron chi connectivity index (χ1n) is 7.62. The summed E-state index contributed by atoms with van der Waals surface area (Å²) in [6, 6.07) is 8.78. The number of aromatic nitrogens is 1. The van der Waals surface area contributed by atoms with E-state index in [0.29, 0.717) is 29.3 Å². The number of anilines is 1. The lowest BCUT2D eigenvalue weighted by Gasteiger charge is -2.11. The predicted molar refractivity (Wildman–Crippen MR) is 95.4 cm³/mol. The lowest BCUT2D eigenvalue weighted by molar-refractivity contribution is 0.102. The van der Waals surface area contributed by atoms with Gasteiger partial charge in [-0.25, -0.2) is 4.98 Å². The highest BCUT2D eigenvalue weighted by Crippen LogP contribution is 2.15. The molecule has 5 nitrogen and oxygen atoms in total. The fourth-order valence-corrected chi connectivity index (χ4v) is 1.99. The molecule has 1 heterocycles. The van der Waals surface area contributed by atoms with Crippen LogP contribution in [-0.2, 0) is 0 Å². The van der Waals surface area contributed by atoms with Gasteiger partial charge in [-0.05, 0) is 44.8 Å². The second-order valence-corrected chi connectivity index (χ2v) is 5.67. The second kappa shape index (κ2) is 8.14. The summed E-state index contributed by atoms with van der Waals surface area (Å²) >= 11 is 0. The van der Waals surface area contributed by atoms with Gasteiger partial charge in [-0.3, -0.25) is 4.79 Å². The van der Waals surface area contributed by atoms with Crippen molar-refractivity contribution < 1.29 is 9.53 Å². The van der Waals surface area contributed by atoms with E-state index in [0.717, 1.165) is 12.1 Å². The van der Waals surface area contributed by atoms with Crippen LogP contribution in [0.1, 0.15) is 21.5 Å². The Hall–Kier alpha value is -2.84. The molecule has 1 aromatic carbocycles. The molecule has 0 aliphatic carbocycles. The van der Waals surface area contributed by atoms with Crippen molar-refractivity contribution in [2.24, 2.45) is 0 Å². The number of aryl methyl sites for hydroxylation is 1. The lowest BCUT2D eigenvalue weighted by Crippen LogP contribution is -2.19. The van der Waals surface area contributed by atoms with Crippen molar-refractivity contribution in [3.63, 3.8) is 0 Å². The second-order valence-electron chi connectivity index (χ2n) is 5.67. The van der Waals surface area contributed by atoms with Crippen molar-refractivity contribution >= 4 is 11.6 Å². The molecule has 2 rings (SSSR count). The Morgan fingerprint density at radius 1 is 1.33 bits per heavy atom. The molecule has 0 aliphatic heterocycles. The minimum Gasteiger partial charge on any atom is -0.476 e. The normalized spacial score (nSPS) is 10.3. The highest BCUT2D eigenvalue weighted by atomic mass is 16.5. The number of hydrogen-bond donors (Lipinski definition) is 1. The summed E-state index contributed by atoms with van der Waals surface area (Å²) in [7, 11) is 3.96. The molecule has 1 N–H and O–H groups in total. The maximum atomic E-state index is 12.3. The Kier molecular flexibility index (Phi) is 5.94. The van der Waals surface area contributed by atoms with Crippen molar-refractivity contribution in [2.75, 3.05) is 32.6 Å². The number of likely N-dealkylation sites (N-methyl/N-ethyl adjacent to an activating group) is 1. The van der Waals surface area contributed by atoms with Crippen LogP contribution in [0, 0.1) is 19.3 Å².